The summed E-state index contributed by atoms with van der Waals surface area (Å²) in [6, 6.07) is -0.940. The highest BCUT2D eigenvalue weighted by Gasteiger charge is 2.60. The molecule has 1 aromatic heterocycles. The third-order valence-corrected chi connectivity index (χ3v) is 11.8. The summed E-state index contributed by atoms with van der Waals surface area (Å²) in [7, 11) is 0. The Labute approximate surface area is 221 Å². The quantitative estimate of drug-likeness (QED) is 0.392. The number of rotatable bonds is 8. The maximum Gasteiger partial charge on any atom is 0.326 e. The maximum atomic E-state index is 12.7. The van der Waals surface area contributed by atoms with Crippen molar-refractivity contribution in [2.24, 2.45) is 46.3 Å². The van der Waals surface area contributed by atoms with Gasteiger partial charge < -0.3 is 20.5 Å². The molecule has 7 heteroatoms. The van der Waals surface area contributed by atoms with Gasteiger partial charge in [-0.3, -0.25) is 4.79 Å². The van der Waals surface area contributed by atoms with Crippen LogP contribution in [0.5, 0.6) is 0 Å². The van der Waals surface area contributed by atoms with Gasteiger partial charge in [0.2, 0.25) is 5.91 Å². The van der Waals surface area contributed by atoms with Crippen molar-refractivity contribution in [2.75, 3.05) is 0 Å². The molecule has 0 bridgehead atoms. The fourth-order valence-electron chi connectivity index (χ4n) is 9.85. The molecule has 0 unspecified atom stereocenters. The molecule has 0 aliphatic heterocycles. The average Bonchev–Trinajstić information content (AvgIpc) is 3.49. The number of carboxylic acids is 1. The van der Waals surface area contributed by atoms with Crippen molar-refractivity contribution >= 4 is 11.9 Å². The Hall–Kier alpha value is -1.89. The van der Waals surface area contributed by atoms with Gasteiger partial charge in [-0.2, -0.15) is 0 Å². The van der Waals surface area contributed by atoms with E-state index in [2.05, 4.69) is 36.1 Å². The summed E-state index contributed by atoms with van der Waals surface area (Å²) in [6.45, 7) is 7.41. The van der Waals surface area contributed by atoms with Crippen molar-refractivity contribution in [3.63, 3.8) is 0 Å². The lowest BCUT2D eigenvalue weighted by atomic mass is 9.44. The number of aromatic nitrogens is 2. The van der Waals surface area contributed by atoms with Crippen molar-refractivity contribution in [3.05, 3.63) is 18.2 Å². The largest absolute Gasteiger partial charge is 0.480 e. The van der Waals surface area contributed by atoms with Crippen LogP contribution in [-0.2, 0) is 16.0 Å². The molecule has 4 saturated carbocycles. The van der Waals surface area contributed by atoms with Gasteiger partial charge >= 0.3 is 5.97 Å². The van der Waals surface area contributed by atoms with E-state index in [-0.39, 0.29) is 18.4 Å². The van der Waals surface area contributed by atoms with Gasteiger partial charge in [0.15, 0.2) is 0 Å². The van der Waals surface area contributed by atoms with Gasteiger partial charge in [-0.25, -0.2) is 9.78 Å². The standard InChI is InChI=1S/C30H47N3O4/c1-18(4-9-27(35)33-26(28(36)37)15-20-16-31-17-32-20)23-7-8-24-22-6-5-19-14-21(34)10-12-29(19,2)25(22)11-13-30(23,24)3/h16-19,21-26,34H,4-15H2,1-3H3,(H,31,32)(H,33,35)(H,36,37)/t18-,19-,21-,22+,23-,24+,25+,26+,29+,30-/m1/s1. The Morgan fingerprint density at radius 1 is 1.11 bits per heavy atom. The summed E-state index contributed by atoms with van der Waals surface area (Å²) in [4.78, 5) is 31.3. The van der Waals surface area contributed by atoms with Crippen LogP contribution >= 0.6 is 0 Å². The molecule has 7 nitrogen and oxygen atoms in total. The number of aliphatic hydroxyl groups excluding tert-OH is 1. The van der Waals surface area contributed by atoms with Crippen LogP contribution in [0.15, 0.2) is 12.5 Å². The lowest BCUT2D eigenvalue weighted by molar-refractivity contribution is -0.141. The number of amides is 1. The molecular formula is C30H47N3O4. The van der Waals surface area contributed by atoms with Gasteiger partial charge in [-0.15, -0.1) is 0 Å². The first-order chi connectivity index (χ1) is 17.6. The van der Waals surface area contributed by atoms with Gasteiger partial charge in [0.25, 0.3) is 0 Å². The van der Waals surface area contributed by atoms with E-state index in [1.165, 1.54) is 51.3 Å². The average molecular weight is 514 g/mol. The molecule has 4 N–H and O–H groups in total. The van der Waals surface area contributed by atoms with Crippen LogP contribution in [-0.4, -0.2) is 44.2 Å². The lowest BCUT2D eigenvalue weighted by Crippen LogP contribution is -2.54. The van der Waals surface area contributed by atoms with E-state index in [1.54, 1.807) is 6.20 Å². The van der Waals surface area contributed by atoms with Crippen LogP contribution in [0.25, 0.3) is 0 Å². The zero-order valence-electron chi connectivity index (χ0n) is 22.9. The van der Waals surface area contributed by atoms with Crippen LogP contribution in [0.4, 0.5) is 0 Å². The molecule has 5 rings (SSSR count). The van der Waals surface area contributed by atoms with Crippen molar-refractivity contribution in [2.45, 2.75) is 110 Å². The molecule has 206 valence electrons. The van der Waals surface area contributed by atoms with Crippen LogP contribution in [0.2, 0.25) is 0 Å². The minimum absolute atomic E-state index is 0.0892. The number of carbonyl (C=O) groups is 2. The summed E-state index contributed by atoms with van der Waals surface area (Å²) in [5.74, 6) is 2.98. The molecule has 1 aromatic rings. The molecule has 1 heterocycles. The van der Waals surface area contributed by atoms with E-state index in [0.29, 0.717) is 40.7 Å². The number of carbonyl (C=O) groups excluding carboxylic acids is 1. The number of nitrogens with one attached hydrogen (secondary N) is 2. The minimum atomic E-state index is -1.02. The minimum Gasteiger partial charge on any atom is -0.480 e. The first-order valence-corrected chi connectivity index (χ1v) is 14.8. The normalized spacial score (nSPS) is 40.6. The highest BCUT2D eigenvalue weighted by Crippen LogP contribution is 2.68. The number of aliphatic hydroxyl groups is 1. The maximum absolute atomic E-state index is 12.7. The van der Waals surface area contributed by atoms with Gasteiger partial charge in [0.1, 0.15) is 6.04 Å². The Balaban J connectivity index is 1.18. The predicted octanol–water partition coefficient (Wildman–Crippen LogP) is 4.96. The molecule has 0 radical (unpaired) electrons. The molecule has 37 heavy (non-hydrogen) atoms. The predicted molar refractivity (Wildman–Crippen MR) is 141 cm³/mol. The molecule has 4 aliphatic rings. The van der Waals surface area contributed by atoms with Crippen LogP contribution in [0.1, 0.15) is 97.1 Å². The number of hydrogen-bond acceptors (Lipinski definition) is 4. The second-order valence-electron chi connectivity index (χ2n) is 13.6. The van der Waals surface area contributed by atoms with Gasteiger partial charge in [-0.1, -0.05) is 20.8 Å². The Kier molecular flexibility index (Phi) is 7.47. The number of aromatic amines is 1. The van der Waals surface area contributed by atoms with Gasteiger partial charge in [-0.05, 0) is 111 Å². The number of carboxylic acid groups (broad SMARTS) is 1. The third-order valence-electron chi connectivity index (χ3n) is 11.8. The Bertz CT molecular complexity index is 966. The van der Waals surface area contributed by atoms with E-state index < -0.39 is 12.0 Å². The van der Waals surface area contributed by atoms with Gasteiger partial charge in [0.05, 0.1) is 12.4 Å². The SMILES string of the molecule is C[C@H](CCC(=O)N[C@@H](Cc1cnc[nH]1)C(=O)O)[C@H]1CC[C@H]2[C@@H]3CC[C@@H]4C[C@H](O)CC[C@]4(C)[C@H]3CC[C@]12C. The highest BCUT2D eigenvalue weighted by molar-refractivity contribution is 5.83. The zero-order valence-corrected chi connectivity index (χ0v) is 22.9. The molecule has 4 fully saturated rings. The topological polar surface area (TPSA) is 115 Å². The Morgan fingerprint density at radius 2 is 1.86 bits per heavy atom. The number of hydrogen-bond donors (Lipinski definition) is 4. The number of nitrogens with zero attached hydrogens (tertiary/aromatic N) is 1. The molecule has 10 atom stereocenters. The van der Waals surface area contributed by atoms with E-state index in [9.17, 15) is 19.8 Å². The molecule has 0 aromatic carbocycles. The number of fused-ring (bicyclic) bond motifs is 5. The van der Waals surface area contributed by atoms with Crippen LogP contribution < -0.4 is 5.32 Å². The zero-order chi connectivity index (χ0) is 26.4. The second-order valence-corrected chi connectivity index (χ2v) is 13.6. The monoisotopic (exact) mass is 513 g/mol. The molecule has 0 spiro atoms. The van der Waals surface area contributed by atoms with Crippen LogP contribution in [0.3, 0.4) is 0 Å². The smallest absolute Gasteiger partial charge is 0.326 e. The summed E-state index contributed by atoms with van der Waals surface area (Å²) in [5.41, 5.74) is 1.45. The van der Waals surface area contributed by atoms with Crippen molar-refractivity contribution in [3.8, 4) is 0 Å². The van der Waals surface area contributed by atoms with Crippen molar-refractivity contribution in [1.29, 1.82) is 0 Å². The van der Waals surface area contributed by atoms with E-state index in [1.807, 2.05) is 0 Å². The molecule has 0 saturated heterocycles. The van der Waals surface area contributed by atoms with E-state index in [0.717, 1.165) is 37.0 Å². The number of H-pyrrole nitrogens is 1. The summed E-state index contributed by atoms with van der Waals surface area (Å²) in [5, 5.41) is 22.6. The first-order valence-electron chi connectivity index (χ1n) is 14.8. The fourth-order valence-corrected chi connectivity index (χ4v) is 9.85. The third kappa shape index (κ3) is 4.97. The van der Waals surface area contributed by atoms with Crippen molar-refractivity contribution < 1.29 is 19.8 Å². The number of aliphatic carboxylic acids is 1. The van der Waals surface area contributed by atoms with Crippen molar-refractivity contribution in [1.82, 2.24) is 15.3 Å². The molecular weight excluding hydrogens is 466 g/mol. The van der Waals surface area contributed by atoms with E-state index >= 15 is 0 Å². The summed E-state index contributed by atoms with van der Waals surface area (Å²) in [6.07, 6.45) is 15.4. The molecule has 1 amide bonds. The summed E-state index contributed by atoms with van der Waals surface area (Å²) >= 11 is 0. The number of imidazole rings is 1. The lowest BCUT2D eigenvalue weighted by Gasteiger charge is -2.61. The first kappa shape index (κ1) is 26.7. The summed E-state index contributed by atoms with van der Waals surface area (Å²) < 4.78 is 0. The Morgan fingerprint density at radius 3 is 2.59 bits per heavy atom. The van der Waals surface area contributed by atoms with E-state index in [4.69, 9.17) is 0 Å². The molecule has 4 aliphatic carbocycles. The fraction of sp³-hybridized carbons (Fsp3) is 0.833. The highest BCUT2D eigenvalue weighted by atomic mass is 16.4. The van der Waals surface area contributed by atoms with Gasteiger partial charge in [0, 0.05) is 24.7 Å². The second kappa shape index (κ2) is 10.3. The van der Waals surface area contributed by atoms with Crippen LogP contribution in [0, 0.1) is 46.3 Å².